The Morgan fingerprint density at radius 2 is 0.964 bits per heavy atom. The molecule has 1 unspecified atom stereocenters. The Labute approximate surface area is 326 Å². The highest BCUT2D eigenvalue weighted by molar-refractivity contribution is 5.94. The fourth-order valence-corrected chi connectivity index (χ4v) is 10.3. The molecule has 1 spiro atoms. The quantitative estimate of drug-likeness (QED) is 0.181. The summed E-state index contributed by atoms with van der Waals surface area (Å²) in [4.78, 5) is 7.95. The molecule has 3 nitrogen and oxygen atoms in total. The second-order valence-electron chi connectivity index (χ2n) is 16.0. The summed E-state index contributed by atoms with van der Waals surface area (Å²) < 4.78 is 2.41. The van der Waals surface area contributed by atoms with Gasteiger partial charge in [0.1, 0.15) is 11.2 Å². The van der Waals surface area contributed by atoms with E-state index in [2.05, 4.69) is 211 Å². The highest BCUT2D eigenvalue weighted by Gasteiger charge is 2.54. The second kappa shape index (κ2) is 11.3. The van der Waals surface area contributed by atoms with Crippen LogP contribution in [0.5, 0.6) is 0 Å². The Morgan fingerprint density at radius 1 is 0.429 bits per heavy atom. The SMILES string of the molecule is CC1(C)c2ccccc2-c2ccc(N(c3ccc(-c4ccccc4)cc3)c3ccc4c(c3)C3(c5ccccc5-4)c4ccccc4-n4c3nc3ccccc34)cc21. The molecule has 0 amide bonds. The van der Waals surface area contributed by atoms with Gasteiger partial charge in [-0.25, -0.2) is 4.98 Å². The third kappa shape index (κ3) is 4.04. The van der Waals surface area contributed by atoms with E-state index in [9.17, 15) is 0 Å². The lowest BCUT2D eigenvalue weighted by atomic mass is 9.73. The Kier molecular flexibility index (Phi) is 6.32. The van der Waals surface area contributed by atoms with E-state index >= 15 is 0 Å². The number of hydrogen-bond donors (Lipinski definition) is 0. The van der Waals surface area contributed by atoms with Gasteiger partial charge in [0.25, 0.3) is 0 Å². The molecule has 2 heterocycles. The first-order valence-corrected chi connectivity index (χ1v) is 19.6. The van der Waals surface area contributed by atoms with Crippen molar-refractivity contribution in [3.63, 3.8) is 0 Å². The molecule has 3 heteroatoms. The maximum Gasteiger partial charge on any atom is 0.134 e. The minimum Gasteiger partial charge on any atom is -0.310 e. The molecule has 264 valence electrons. The lowest BCUT2D eigenvalue weighted by Gasteiger charge is -2.31. The van der Waals surface area contributed by atoms with E-state index in [-0.39, 0.29) is 5.41 Å². The van der Waals surface area contributed by atoms with Crippen molar-refractivity contribution in [1.29, 1.82) is 0 Å². The van der Waals surface area contributed by atoms with Crippen LogP contribution in [0.2, 0.25) is 0 Å². The Morgan fingerprint density at radius 3 is 1.73 bits per heavy atom. The number of para-hydroxylation sites is 3. The van der Waals surface area contributed by atoms with Crippen molar-refractivity contribution in [2.45, 2.75) is 24.7 Å². The van der Waals surface area contributed by atoms with Crippen LogP contribution < -0.4 is 4.90 Å². The van der Waals surface area contributed by atoms with E-state index in [1.54, 1.807) is 0 Å². The van der Waals surface area contributed by atoms with Crippen LogP contribution in [-0.2, 0) is 10.8 Å². The van der Waals surface area contributed by atoms with Crippen LogP contribution in [0.25, 0.3) is 50.1 Å². The maximum atomic E-state index is 5.49. The van der Waals surface area contributed by atoms with Crippen LogP contribution in [0.15, 0.2) is 188 Å². The first-order chi connectivity index (χ1) is 27.5. The number of hydrogen-bond acceptors (Lipinski definition) is 2. The van der Waals surface area contributed by atoms with Crippen molar-refractivity contribution in [3.8, 4) is 39.1 Å². The molecule has 0 fully saturated rings. The number of fused-ring (bicyclic) bond motifs is 15. The van der Waals surface area contributed by atoms with Crippen LogP contribution in [0, 0.1) is 0 Å². The van der Waals surface area contributed by atoms with E-state index in [0.717, 1.165) is 33.9 Å². The van der Waals surface area contributed by atoms with E-state index in [1.807, 2.05) is 0 Å². The summed E-state index contributed by atoms with van der Waals surface area (Å²) in [6.45, 7) is 4.72. The van der Waals surface area contributed by atoms with E-state index in [1.165, 1.54) is 66.9 Å². The van der Waals surface area contributed by atoms with Crippen LogP contribution in [0.4, 0.5) is 17.1 Å². The zero-order valence-corrected chi connectivity index (χ0v) is 31.2. The summed E-state index contributed by atoms with van der Waals surface area (Å²) in [5, 5.41) is 0. The Balaban J connectivity index is 1.11. The molecule has 2 aliphatic carbocycles. The molecule has 0 radical (unpaired) electrons. The second-order valence-corrected chi connectivity index (χ2v) is 16.0. The van der Waals surface area contributed by atoms with Crippen molar-refractivity contribution in [2.75, 3.05) is 4.90 Å². The van der Waals surface area contributed by atoms with Gasteiger partial charge in [0.2, 0.25) is 0 Å². The number of anilines is 3. The van der Waals surface area contributed by atoms with Crippen LogP contribution >= 0.6 is 0 Å². The van der Waals surface area contributed by atoms with Gasteiger partial charge < -0.3 is 4.90 Å². The van der Waals surface area contributed by atoms with Gasteiger partial charge in [0.05, 0.1) is 16.7 Å². The van der Waals surface area contributed by atoms with Crippen molar-refractivity contribution >= 4 is 28.1 Å². The molecule has 0 saturated carbocycles. The van der Waals surface area contributed by atoms with Crippen molar-refractivity contribution < 1.29 is 0 Å². The molecule has 0 saturated heterocycles. The van der Waals surface area contributed by atoms with Gasteiger partial charge in [0.15, 0.2) is 0 Å². The zero-order chi connectivity index (χ0) is 37.2. The van der Waals surface area contributed by atoms with Crippen LogP contribution in [0.1, 0.15) is 47.5 Å². The molecular formula is C53H37N3. The first-order valence-electron chi connectivity index (χ1n) is 19.6. The first kappa shape index (κ1) is 31.4. The standard InChI is InChI=1S/C53H37N3/c1-52(2)43-18-8-6-16-39(43)41-30-28-37(32-46(41)52)55(36-26-24-35(25-27-36)34-14-4-3-5-15-34)38-29-31-42-40-17-7-9-19-44(40)53(47(42)33-38)45-20-10-12-22-49(45)56-50-23-13-11-21-48(50)54-51(53)56/h3-33H,1-2H3. The van der Waals surface area contributed by atoms with Crippen molar-refractivity contribution in [3.05, 3.63) is 222 Å². The van der Waals surface area contributed by atoms with Gasteiger partial charge in [-0.15, -0.1) is 0 Å². The van der Waals surface area contributed by atoms with E-state index in [0.29, 0.717) is 0 Å². The average Bonchev–Trinajstić information content (AvgIpc) is 3.93. The molecule has 0 bridgehead atoms. The van der Waals surface area contributed by atoms with Crippen LogP contribution in [0.3, 0.4) is 0 Å². The fraction of sp³-hybridized carbons (Fsp3) is 0.0755. The molecule has 9 aromatic rings. The summed E-state index contributed by atoms with van der Waals surface area (Å²) in [5.41, 5.74) is 20.1. The number of benzene rings is 8. The maximum absolute atomic E-state index is 5.49. The summed E-state index contributed by atoms with van der Waals surface area (Å²) in [6.07, 6.45) is 0. The third-order valence-electron chi connectivity index (χ3n) is 12.8. The minimum absolute atomic E-state index is 0.124. The normalized spacial score (nSPS) is 16.2. The molecule has 12 rings (SSSR count). The molecule has 3 aliphatic rings. The average molecular weight is 716 g/mol. The predicted molar refractivity (Wildman–Crippen MR) is 230 cm³/mol. The number of aromatic nitrogens is 2. The summed E-state index contributed by atoms with van der Waals surface area (Å²) in [6, 6.07) is 69.2. The van der Waals surface area contributed by atoms with E-state index < -0.39 is 5.41 Å². The van der Waals surface area contributed by atoms with Crippen molar-refractivity contribution in [1.82, 2.24) is 9.55 Å². The van der Waals surface area contributed by atoms with Gasteiger partial charge in [-0.05, 0) is 116 Å². The Bertz CT molecular complexity index is 3060. The molecular weight excluding hydrogens is 679 g/mol. The topological polar surface area (TPSA) is 21.1 Å². The molecule has 1 aliphatic heterocycles. The highest BCUT2D eigenvalue weighted by atomic mass is 15.2. The lowest BCUT2D eigenvalue weighted by molar-refractivity contribution is 0.660. The number of imidazole rings is 1. The molecule has 1 atom stereocenters. The smallest absolute Gasteiger partial charge is 0.134 e. The summed E-state index contributed by atoms with van der Waals surface area (Å²) in [5.74, 6) is 1.05. The highest BCUT2D eigenvalue weighted by Crippen LogP contribution is 2.61. The predicted octanol–water partition coefficient (Wildman–Crippen LogP) is 13.1. The summed E-state index contributed by atoms with van der Waals surface area (Å²) in [7, 11) is 0. The number of nitrogens with zero attached hydrogens (tertiary/aromatic N) is 3. The van der Waals surface area contributed by atoms with Crippen molar-refractivity contribution in [2.24, 2.45) is 0 Å². The van der Waals surface area contributed by atoms with Crippen LogP contribution in [-0.4, -0.2) is 9.55 Å². The molecule has 1 aromatic heterocycles. The largest absolute Gasteiger partial charge is 0.310 e. The molecule has 56 heavy (non-hydrogen) atoms. The number of rotatable bonds is 4. The zero-order valence-electron chi connectivity index (χ0n) is 31.2. The summed E-state index contributed by atoms with van der Waals surface area (Å²) >= 11 is 0. The van der Waals surface area contributed by atoms with Gasteiger partial charge >= 0.3 is 0 Å². The Hall–Kier alpha value is -6.97. The molecule has 8 aromatic carbocycles. The van der Waals surface area contributed by atoms with E-state index in [4.69, 9.17) is 4.98 Å². The molecule has 0 N–H and O–H groups in total. The lowest BCUT2D eigenvalue weighted by Crippen LogP contribution is -2.27. The van der Waals surface area contributed by atoms with Gasteiger partial charge in [0, 0.05) is 22.5 Å². The minimum atomic E-state index is -0.581. The van der Waals surface area contributed by atoms with Gasteiger partial charge in [-0.2, -0.15) is 0 Å². The van der Waals surface area contributed by atoms with Gasteiger partial charge in [-0.3, -0.25) is 4.57 Å². The third-order valence-corrected chi connectivity index (χ3v) is 12.8. The van der Waals surface area contributed by atoms with Gasteiger partial charge in [-0.1, -0.05) is 147 Å². The monoisotopic (exact) mass is 715 g/mol. The fourth-order valence-electron chi connectivity index (χ4n) is 10.3.